The molecule has 2 heteroatoms. The monoisotopic (exact) mass is 577 g/mol. The fraction of sp³-hybridized carbons (Fsp3) is 0.0698. The van der Waals surface area contributed by atoms with Gasteiger partial charge in [0.05, 0.1) is 5.69 Å². The molecule has 0 radical (unpaired) electrons. The van der Waals surface area contributed by atoms with Crippen LogP contribution in [0.25, 0.3) is 55.0 Å². The summed E-state index contributed by atoms with van der Waals surface area (Å²) in [5.74, 6) is 0. The third-order valence-corrected chi connectivity index (χ3v) is 9.63. The van der Waals surface area contributed by atoms with Gasteiger partial charge in [0, 0.05) is 33.1 Å². The van der Waals surface area contributed by atoms with Crippen molar-refractivity contribution in [3.8, 4) is 22.3 Å². The Morgan fingerprint density at radius 1 is 0.467 bits per heavy atom. The van der Waals surface area contributed by atoms with Gasteiger partial charge in [0.1, 0.15) is 11.2 Å². The summed E-state index contributed by atoms with van der Waals surface area (Å²) in [6, 6.07) is 54.8. The minimum Gasteiger partial charge on any atom is -0.456 e. The molecule has 0 spiro atoms. The Morgan fingerprint density at radius 2 is 1.16 bits per heavy atom. The van der Waals surface area contributed by atoms with Crippen LogP contribution in [0.4, 0.5) is 17.1 Å². The molecular formula is C43H31NO. The summed E-state index contributed by atoms with van der Waals surface area (Å²) in [5, 5.41) is 4.64. The zero-order valence-corrected chi connectivity index (χ0v) is 25.3. The van der Waals surface area contributed by atoms with Gasteiger partial charge < -0.3 is 9.32 Å². The summed E-state index contributed by atoms with van der Waals surface area (Å²) in [6.07, 6.45) is 0. The Morgan fingerprint density at radius 3 is 2.04 bits per heavy atom. The van der Waals surface area contributed by atoms with E-state index in [1.54, 1.807) is 0 Å². The maximum absolute atomic E-state index is 6.30. The SMILES string of the molecule is CC1(C)c2ccccc2-c2cc(N(c3ccc4cc5c(cc4c3)oc3ccccc35)c3ccccc3-c3ccccc3)ccc21. The predicted octanol–water partition coefficient (Wildman–Crippen LogP) is 12.2. The summed E-state index contributed by atoms with van der Waals surface area (Å²) in [5.41, 5.74) is 12.9. The topological polar surface area (TPSA) is 16.4 Å². The summed E-state index contributed by atoms with van der Waals surface area (Å²) < 4.78 is 6.30. The lowest BCUT2D eigenvalue weighted by Gasteiger charge is -2.29. The van der Waals surface area contributed by atoms with Gasteiger partial charge in [-0.2, -0.15) is 0 Å². The summed E-state index contributed by atoms with van der Waals surface area (Å²) in [7, 11) is 0. The van der Waals surface area contributed by atoms with Crippen molar-refractivity contribution in [2.24, 2.45) is 0 Å². The molecule has 8 aromatic rings. The van der Waals surface area contributed by atoms with E-state index in [1.165, 1.54) is 38.8 Å². The van der Waals surface area contributed by atoms with Crippen LogP contribution in [0.1, 0.15) is 25.0 Å². The third kappa shape index (κ3) is 3.96. The van der Waals surface area contributed by atoms with Gasteiger partial charge in [-0.15, -0.1) is 0 Å². The summed E-state index contributed by atoms with van der Waals surface area (Å²) in [6.45, 7) is 4.67. The summed E-state index contributed by atoms with van der Waals surface area (Å²) in [4.78, 5) is 2.42. The molecule has 1 heterocycles. The van der Waals surface area contributed by atoms with Crippen LogP contribution >= 0.6 is 0 Å². The van der Waals surface area contributed by atoms with E-state index in [-0.39, 0.29) is 5.41 Å². The van der Waals surface area contributed by atoms with E-state index in [9.17, 15) is 0 Å². The van der Waals surface area contributed by atoms with Crippen LogP contribution < -0.4 is 4.90 Å². The lowest BCUT2D eigenvalue weighted by atomic mass is 9.82. The number of benzene rings is 7. The van der Waals surface area contributed by atoms with E-state index in [0.29, 0.717) is 0 Å². The van der Waals surface area contributed by atoms with Gasteiger partial charge in [-0.05, 0) is 87.1 Å². The number of anilines is 3. The minimum atomic E-state index is -0.0435. The van der Waals surface area contributed by atoms with Gasteiger partial charge in [-0.3, -0.25) is 0 Å². The van der Waals surface area contributed by atoms with Crippen molar-refractivity contribution >= 4 is 49.8 Å². The molecule has 0 saturated heterocycles. The van der Waals surface area contributed by atoms with Crippen molar-refractivity contribution in [3.63, 3.8) is 0 Å². The van der Waals surface area contributed by atoms with Crippen LogP contribution in [-0.4, -0.2) is 0 Å². The Bertz CT molecular complexity index is 2410. The molecule has 0 saturated carbocycles. The van der Waals surface area contributed by atoms with E-state index < -0.39 is 0 Å². The second kappa shape index (κ2) is 9.70. The Kier molecular flexibility index (Phi) is 5.58. The maximum atomic E-state index is 6.30. The average molecular weight is 578 g/mol. The first-order valence-corrected chi connectivity index (χ1v) is 15.6. The van der Waals surface area contributed by atoms with Crippen LogP contribution in [0.5, 0.6) is 0 Å². The molecule has 7 aromatic carbocycles. The predicted molar refractivity (Wildman–Crippen MR) is 189 cm³/mol. The fourth-order valence-corrected chi connectivity index (χ4v) is 7.40. The van der Waals surface area contributed by atoms with Crippen molar-refractivity contribution in [2.75, 3.05) is 4.90 Å². The van der Waals surface area contributed by atoms with Crippen molar-refractivity contribution in [3.05, 3.63) is 163 Å². The quantitative estimate of drug-likeness (QED) is 0.207. The van der Waals surface area contributed by atoms with Crippen LogP contribution in [0.3, 0.4) is 0 Å². The minimum absolute atomic E-state index is 0.0435. The molecule has 1 aliphatic rings. The lowest BCUT2D eigenvalue weighted by Crippen LogP contribution is -2.15. The Balaban J connectivity index is 1.28. The first-order valence-electron chi connectivity index (χ1n) is 15.6. The summed E-state index contributed by atoms with van der Waals surface area (Å²) >= 11 is 0. The highest BCUT2D eigenvalue weighted by atomic mass is 16.3. The molecule has 0 unspecified atom stereocenters. The van der Waals surface area contributed by atoms with Gasteiger partial charge in [0.2, 0.25) is 0 Å². The van der Waals surface area contributed by atoms with Crippen molar-refractivity contribution in [2.45, 2.75) is 19.3 Å². The Hall–Kier alpha value is -5.60. The fourth-order valence-electron chi connectivity index (χ4n) is 7.40. The lowest BCUT2D eigenvalue weighted by molar-refractivity contribution is 0.660. The van der Waals surface area contributed by atoms with Crippen LogP contribution in [0.15, 0.2) is 156 Å². The molecule has 45 heavy (non-hydrogen) atoms. The standard InChI is InChI=1S/C43H31NO/c1-43(2)38-17-9-6-15-34(38)36-27-32(22-23-39(36)43)44(40-18-10-7-14-33(40)28-12-4-3-5-13-28)31-21-20-29-25-37-35-16-8-11-19-41(35)45-42(37)26-30(29)24-31/h3-27H,1-2H3. The van der Waals surface area contributed by atoms with Crippen molar-refractivity contribution in [1.82, 2.24) is 0 Å². The van der Waals surface area contributed by atoms with Crippen LogP contribution in [0.2, 0.25) is 0 Å². The average Bonchev–Trinajstić information content (AvgIpc) is 3.55. The Labute approximate surface area is 262 Å². The van der Waals surface area contributed by atoms with Crippen LogP contribution in [-0.2, 0) is 5.41 Å². The number of fused-ring (bicyclic) bond motifs is 7. The van der Waals surface area contributed by atoms with E-state index in [1.807, 2.05) is 12.1 Å². The number of hydrogen-bond acceptors (Lipinski definition) is 2. The first-order chi connectivity index (χ1) is 22.1. The third-order valence-electron chi connectivity index (χ3n) is 9.63. The molecule has 0 fully saturated rings. The molecule has 1 aromatic heterocycles. The highest BCUT2D eigenvalue weighted by molar-refractivity contribution is 6.10. The van der Waals surface area contributed by atoms with E-state index >= 15 is 0 Å². The molecule has 0 bridgehead atoms. The highest BCUT2D eigenvalue weighted by Crippen LogP contribution is 2.51. The van der Waals surface area contributed by atoms with Gasteiger partial charge in [-0.25, -0.2) is 0 Å². The molecule has 9 rings (SSSR count). The normalized spacial score (nSPS) is 13.3. The number of nitrogens with zero attached hydrogens (tertiary/aromatic N) is 1. The van der Waals surface area contributed by atoms with E-state index in [0.717, 1.165) is 44.4 Å². The largest absolute Gasteiger partial charge is 0.456 e. The van der Waals surface area contributed by atoms with Crippen LogP contribution in [0, 0.1) is 0 Å². The first kappa shape index (κ1) is 25.9. The zero-order chi connectivity index (χ0) is 30.1. The van der Waals surface area contributed by atoms with E-state index in [2.05, 4.69) is 158 Å². The van der Waals surface area contributed by atoms with Crippen molar-refractivity contribution < 1.29 is 4.42 Å². The second-order valence-corrected chi connectivity index (χ2v) is 12.6. The van der Waals surface area contributed by atoms with E-state index in [4.69, 9.17) is 4.42 Å². The molecular weight excluding hydrogens is 546 g/mol. The second-order valence-electron chi connectivity index (χ2n) is 12.6. The van der Waals surface area contributed by atoms with Gasteiger partial charge in [0.25, 0.3) is 0 Å². The highest BCUT2D eigenvalue weighted by Gasteiger charge is 2.35. The zero-order valence-electron chi connectivity index (χ0n) is 25.3. The molecule has 1 aliphatic carbocycles. The molecule has 0 N–H and O–H groups in total. The number of rotatable bonds is 4. The molecule has 214 valence electrons. The van der Waals surface area contributed by atoms with Crippen molar-refractivity contribution in [1.29, 1.82) is 0 Å². The van der Waals surface area contributed by atoms with Gasteiger partial charge in [-0.1, -0.05) is 117 Å². The maximum Gasteiger partial charge on any atom is 0.136 e. The molecule has 0 aliphatic heterocycles. The van der Waals surface area contributed by atoms with Gasteiger partial charge >= 0.3 is 0 Å². The molecule has 2 nitrogen and oxygen atoms in total. The van der Waals surface area contributed by atoms with Gasteiger partial charge in [0.15, 0.2) is 0 Å². The smallest absolute Gasteiger partial charge is 0.136 e. The molecule has 0 atom stereocenters. The number of hydrogen-bond donors (Lipinski definition) is 0. The number of para-hydroxylation sites is 2. The molecule has 0 amide bonds. The number of furan rings is 1.